The number of pyridine rings is 1. The minimum Gasteiger partial charge on any atom is -0.256 e. The first-order chi connectivity index (χ1) is 16.2. The van der Waals surface area contributed by atoms with Crippen LogP contribution in [0.1, 0.15) is 0 Å². The average Bonchev–Trinajstić information content (AvgIpc) is 2.88. The smallest absolute Gasteiger partial charge is 0.0708 e. The number of hydrogen-bond acceptors (Lipinski definition) is 1. The fourth-order valence-electron chi connectivity index (χ4n) is 4.45. The van der Waals surface area contributed by atoms with Crippen LogP contribution in [0.25, 0.3) is 55.1 Å². The molecule has 0 spiro atoms. The third kappa shape index (κ3) is 3.82. The van der Waals surface area contributed by atoms with Gasteiger partial charge in [-0.15, -0.1) is 9.24 Å². The van der Waals surface area contributed by atoms with Crippen LogP contribution >= 0.6 is 9.24 Å². The lowest BCUT2D eigenvalue weighted by atomic mass is 9.97. The predicted octanol–water partition coefficient (Wildman–Crippen LogP) is 7.89. The molecule has 0 aliphatic carbocycles. The predicted molar refractivity (Wildman–Crippen MR) is 145 cm³/mol. The maximum atomic E-state index is 4.83. The Kier molecular flexibility index (Phi) is 4.98. The van der Waals surface area contributed by atoms with Gasteiger partial charge >= 0.3 is 0 Å². The fourth-order valence-corrected chi connectivity index (χ4v) is 4.65. The maximum absolute atomic E-state index is 4.83. The van der Waals surface area contributed by atoms with Crippen molar-refractivity contribution < 1.29 is 0 Å². The van der Waals surface area contributed by atoms with Crippen molar-refractivity contribution in [3.63, 3.8) is 0 Å². The molecule has 1 nitrogen and oxygen atoms in total. The van der Waals surface area contributed by atoms with Gasteiger partial charge in [0.1, 0.15) is 0 Å². The van der Waals surface area contributed by atoms with Crippen molar-refractivity contribution in [2.24, 2.45) is 0 Å². The standard InChI is InChI=1S/C31H22NP/c33-28-15-12-21(13-16-28)24-10-8-22-9-11-25(19-27(22)18-24)26-14-17-31(32-20-26)30-7-3-5-23-4-1-2-6-29(23)30/h1-20H,33H2. The number of benzene rings is 5. The zero-order valence-electron chi connectivity index (χ0n) is 18.1. The molecule has 0 aliphatic rings. The van der Waals surface area contributed by atoms with E-state index in [-0.39, 0.29) is 0 Å². The van der Waals surface area contributed by atoms with Gasteiger partial charge in [-0.05, 0) is 61.7 Å². The number of aromatic nitrogens is 1. The van der Waals surface area contributed by atoms with E-state index in [0.717, 1.165) is 11.3 Å². The molecule has 0 N–H and O–H groups in total. The molecule has 156 valence electrons. The molecule has 0 fully saturated rings. The van der Waals surface area contributed by atoms with Crippen molar-refractivity contribution >= 4 is 36.1 Å². The van der Waals surface area contributed by atoms with Crippen LogP contribution in [0.4, 0.5) is 0 Å². The maximum Gasteiger partial charge on any atom is 0.0708 e. The van der Waals surface area contributed by atoms with Gasteiger partial charge in [0.2, 0.25) is 0 Å². The first kappa shape index (κ1) is 19.9. The van der Waals surface area contributed by atoms with E-state index in [4.69, 9.17) is 4.98 Å². The Bertz CT molecular complexity index is 1590. The van der Waals surface area contributed by atoms with E-state index in [1.165, 1.54) is 49.1 Å². The van der Waals surface area contributed by atoms with Gasteiger partial charge in [0, 0.05) is 17.3 Å². The van der Waals surface area contributed by atoms with Crippen LogP contribution in [0.5, 0.6) is 0 Å². The summed E-state index contributed by atoms with van der Waals surface area (Å²) in [4.78, 5) is 4.83. The molecule has 0 amide bonds. The number of rotatable bonds is 3. The molecule has 0 saturated heterocycles. The van der Waals surface area contributed by atoms with Crippen LogP contribution < -0.4 is 5.30 Å². The molecule has 6 aromatic rings. The molecule has 0 saturated carbocycles. The lowest BCUT2D eigenvalue weighted by molar-refractivity contribution is 1.33. The molecule has 0 aliphatic heterocycles. The summed E-state index contributed by atoms with van der Waals surface area (Å²) < 4.78 is 0. The van der Waals surface area contributed by atoms with Gasteiger partial charge in [-0.2, -0.15) is 0 Å². The normalized spacial score (nSPS) is 11.2. The van der Waals surface area contributed by atoms with E-state index in [2.05, 4.69) is 125 Å². The van der Waals surface area contributed by atoms with Crippen LogP contribution in [0.2, 0.25) is 0 Å². The molecular formula is C31H22NP. The molecular weight excluding hydrogens is 417 g/mol. The second-order valence-electron chi connectivity index (χ2n) is 8.36. The molecule has 2 heteroatoms. The Labute approximate surface area is 196 Å². The summed E-state index contributed by atoms with van der Waals surface area (Å²) >= 11 is 0. The summed E-state index contributed by atoms with van der Waals surface area (Å²) in [6.07, 6.45) is 1.99. The van der Waals surface area contributed by atoms with Gasteiger partial charge in [-0.25, -0.2) is 0 Å². The highest BCUT2D eigenvalue weighted by molar-refractivity contribution is 7.27. The van der Waals surface area contributed by atoms with Crippen molar-refractivity contribution in [2.75, 3.05) is 0 Å². The van der Waals surface area contributed by atoms with Crippen LogP contribution in [0.3, 0.4) is 0 Å². The van der Waals surface area contributed by atoms with Crippen LogP contribution in [0, 0.1) is 0 Å². The minimum atomic E-state index is 0.996. The summed E-state index contributed by atoms with van der Waals surface area (Å²) in [5.74, 6) is 0. The molecule has 5 aromatic carbocycles. The van der Waals surface area contributed by atoms with E-state index < -0.39 is 0 Å². The van der Waals surface area contributed by atoms with Gasteiger partial charge in [0.15, 0.2) is 0 Å². The first-order valence-electron chi connectivity index (χ1n) is 11.1. The van der Waals surface area contributed by atoms with E-state index >= 15 is 0 Å². The molecule has 1 aromatic heterocycles. The quantitative estimate of drug-likeness (QED) is 0.256. The fraction of sp³-hybridized carbons (Fsp3) is 0. The lowest BCUT2D eigenvalue weighted by Gasteiger charge is -2.09. The van der Waals surface area contributed by atoms with Crippen molar-refractivity contribution in [1.29, 1.82) is 0 Å². The van der Waals surface area contributed by atoms with Crippen molar-refractivity contribution in [2.45, 2.75) is 0 Å². The zero-order chi connectivity index (χ0) is 22.2. The van der Waals surface area contributed by atoms with Crippen molar-refractivity contribution in [1.82, 2.24) is 4.98 Å². The Hall–Kier alpha value is -3.80. The topological polar surface area (TPSA) is 12.9 Å². The molecule has 33 heavy (non-hydrogen) atoms. The molecule has 0 radical (unpaired) electrons. The Morgan fingerprint density at radius 1 is 0.485 bits per heavy atom. The third-order valence-electron chi connectivity index (χ3n) is 6.25. The number of fused-ring (bicyclic) bond motifs is 2. The summed E-state index contributed by atoms with van der Waals surface area (Å²) in [6.45, 7) is 0. The molecule has 1 heterocycles. The Morgan fingerprint density at radius 3 is 1.91 bits per heavy atom. The molecule has 0 bridgehead atoms. The van der Waals surface area contributed by atoms with Gasteiger partial charge in [0.25, 0.3) is 0 Å². The van der Waals surface area contributed by atoms with Crippen molar-refractivity contribution in [3.05, 3.63) is 121 Å². The van der Waals surface area contributed by atoms with E-state index in [1.807, 2.05) is 6.20 Å². The number of hydrogen-bond donors (Lipinski definition) is 0. The highest BCUT2D eigenvalue weighted by Gasteiger charge is 2.07. The van der Waals surface area contributed by atoms with Gasteiger partial charge in [-0.1, -0.05) is 97.1 Å². The van der Waals surface area contributed by atoms with E-state index in [1.54, 1.807) is 0 Å². The van der Waals surface area contributed by atoms with E-state index in [9.17, 15) is 0 Å². The largest absolute Gasteiger partial charge is 0.256 e. The average molecular weight is 439 g/mol. The number of nitrogens with zero attached hydrogens (tertiary/aromatic N) is 1. The Morgan fingerprint density at radius 2 is 1.15 bits per heavy atom. The van der Waals surface area contributed by atoms with Crippen LogP contribution in [-0.4, -0.2) is 4.98 Å². The van der Waals surface area contributed by atoms with E-state index in [0.29, 0.717) is 0 Å². The monoisotopic (exact) mass is 439 g/mol. The summed E-state index contributed by atoms with van der Waals surface area (Å²) in [6, 6.07) is 41.1. The van der Waals surface area contributed by atoms with Crippen LogP contribution in [0.15, 0.2) is 121 Å². The summed E-state index contributed by atoms with van der Waals surface area (Å²) in [5.41, 5.74) is 6.93. The minimum absolute atomic E-state index is 0.996. The molecule has 6 rings (SSSR count). The highest BCUT2D eigenvalue weighted by atomic mass is 31.0. The second-order valence-corrected chi connectivity index (χ2v) is 9.02. The van der Waals surface area contributed by atoms with Crippen LogP contribution in [-0.2, 0) is 0 Å². The van der Waals surface area contributed by atoms with Crippen molar-refractivity contribution in [3.8, 4) is 33.5 Å². The SMILES string of the molecule is Pc1ccc(-c2ccc3ccc(-c4ccc(-c5cccc6ccccc56)nc4)cc3c2)cc1. The van der Waals surface area contributed by atoms with Gasteiger partial charge in [0.05, 0.1) is 5.69 Å². The van der Waals surface area contributed by atoms with Gasteiger partial charge in [-0.3, -0.25) is 4.98 Å². The zero-order valence-corrected chi connectivity index (χ0v) is 19.2. The summed E-state index contributed by atoms with van der Waals surface area (Å²) in [5, 5.41) is 6.14. The molecule has 1 unspecified atom stereocenters. The van der Waals surface area contributed by atoms with Gasteiger partial charge < -0.3 is 0 Å². The summed E-state index contributed by atoms with van der Waals surface area (Å²) in [7, 11) is 2.74. The second kappa shape index (κ2) is 8.28. The highest BCUT2D eigenvalue weighted by Crippen LogP contribution is 2.31. The molecule has 1 atom stereocenters. The third-order valence-corrected chi connectivity index (χ3v) is 6.63. The Balaban J connectivity index is 1.37. The first-order valence-corrected chi connectivity index (χ1v) is 11.7. The lowest BCUT2D eigenvalue weighted by Crippen LogP contribution is -1.88.